The molecule has 0 unspecified atom stereocenters. The molecule has 0 aliphatic heterocycles. The smallest absolute Gasteiger partial charge is 0.335 e. The summed E-state index contributed by atoms with van der Waals surface area (Å²) >= 11 is 11.9. The number of carboxylic acid groups (broad SMARTS) is 1. The molecule has 0 radical (unpaired) electrons. The van der Waals surface area contributed by atoms with E-state index in [-0.39, 0.29) is 5.56 Å². The van der Waals surface area contributed by atoms with Crippen molar-refractivity contribution in [3.8, 4) is 0 Å². The van der Waals surface area contributed by atoms with Gasteiger partial charge in [-0.1, -0.05) is 30.1 Å². The van der Waals surface area contributed by atoms with Crippen LogP contribution in [-0.4, -0.2) is 16.1 Å². The Hall–Kier alpha value is -1.78. The van der Waals surface area contributed by atoms with Crippen LogP contribution in [0.15, 0.2) is 30.3 Å². The third-order valence-corrected chi connectivity index (χ3v) is 3.23. The Balaban J connectivity index is 2.37. The number of nitrogens with zero attached hydrogens (tertiary/aromatic N) is 1. The molecule has 0 bridgehead atoms. The SMILES string of the molecule is CCc1cc(C(=O)O)cc(Nc2ccc(Cl)cc2Cl)n1. The summed E-state index contributed by atoms with van der Waals surface area (Å²) in [5.41, 5.74) is 1.50. The van der Waals surface area contributed by atoms with E-state index in [2.05, 4.69) is 10.3 Å². The van der Waals surface area contributed by atoms with Crippen LogP contribution in [0.2, 0.25) is 10.0 Å². The van der Waals surface area contributed by atoms with Crippen LogP contribution in [0.1, 0.15) is 23.0 Å². The maximum absolute atomic E-state index is 11.1. The lowest BCUT2D eigenvalue weighted by molar-refractivity contribution is 0.0696. The van der Waals surface area contributed by atoms with E-state index in [0.29, 0.717) is 33.7 Å². The predicted octanol–water partition coefficient (Wildman–Crippen LogP) is 4.39. The molecule has 0 saturated carbocycles. The van der Waals surface area contributed by atoms with E-state index in [1.165, 1.54) is 6.07 Å². The lowest BCUT2D eigenvalue weighted by Gasteiger charge is -2.10. The van der Waals surface area contributed by atoms with Crippen LogP contribution in [0.5, 0.6) is 0 Å². The highest BCUT2D eigenvalue weighted by atomic mass is 35.5. The molecule has 0 aliphatic rings. The number of benzene rings is 1. The average Bonchev–Trinajstić information content (AvgIpc) is 2.41. The molecule has 0 saturated heterocycles. The predicted molar refractivity (Wildman–Crippen MR) is 80.3 cm³/mol. The van der Waals surface area contributed by atoms with E-state index < -0.39 is 5.97 Å². The quantitative estimate of drug-likeness (QED) is 0.879. The van der Waals surface area contributed by atoms with Gasteiger partial charge in [0.1, 0.15) is 5.82 Å². The first-order valence-corrected chi connectivity index (χ1v) is 6.71. The normalized spacial score (nSPS) is 10.3. The van der Waals surface area contributed by atoms with E-state index in [0.717, 1.165) is 0 Å². The Morgan fingerprint density at radius 1 is 1.30 bits per heavy atom. The molecule has 20 heavy (non-hydrogen) atoms. The summed E-state index contributed by atoms with van der Waals surface area (Å²) < 4.78 is 0. The minimum absolute atomic E-state index is 0.185. The first-order valence-electron chi connectivity index (χ1n) is 5.96. The highest BCUT2D eigenvalue weighted by Crippen LogP contribution is 2.28. The highest BCUT2D eigenvalue weighted by Gasteiger charge is 2.09. The van der Waals surface area contributed by atoms with Gasteiger partial charge in [-0.25, -0.2) is 9.78 Å². The van der Waals surface area contributed by atoms with Crippen LogP contribution < -0.4 is 5.32 Å². The van der Waals surface area contributed by atoms with Gasteiger partial charge in [-0.05, 0) is 36.8 Å². The summed E-state index contributed by atoms with van der Waals surface area (Å²) in [6.45, 7) is 1.91. The summed E-state index contributed by atoms with van der Waals surface area (Å²) in [5.74, 6) is -0.557. The Morgan fingerprint density at radius 3 is 2.65 bits per heavy atom. The number of aryl methyl sites for hydroxylation is 1. The van der Waals surface area contributed by atoms with Crippen molar-refractivity contribution in [3.63, 3.8) is 0 Å². The molecule has 4 nitrogen and oxygen atoms in total. The monoisotopic (exact) mass is 310 g/mol. The van der Waals surface area contributed by atoms with E-state index in [4.69, 9.17) is 28.3 Å². The third-order valence-electron chi connectivity index (χ3n) is 2.68. The molecule has 0 fully saturated rings. The molecule has 2 rings (SSSR count). The summed E-state index contributed by atoms with van der Waals surface area (Å²) in [5, 5.41) is 13.1. The Kier molecular flexibility index (Phi) is 4.47. The van der Waals surface area contributed by atoms with Crippen molar-refractivity contribution in [3.05, 3.63) is 51.6 Å². The van der Waals surface area contributed by atoms with Crippen molar-refractivity contribution in [1.29, 1.82) is 0 Å². The number of carboxylic acids is 1. The van der Waals surface area contributed by atoms with Gasteiger partial charge >= 0.3 is 5.97 Å². The Labute approximate surface area is 126 Å². The zero-order chi connectivity index (χ0) is 14.7. The molecule has 6 heteroatoms. The topological polar surface area (TPSA) is 62.2 Å². The van der Waals surface area contributed by atoms with Crippen LogP contribution in [0.3, 0.4) is 0 Å². The highest BCUT2D eigenvalue weighted by molar-refractivity contribution is 6.36. The fraction of sp³-hybridized carbons (Fsp3) is 0.143. The van der Waals surface area contributed by atoms with Crippen molar-refractivity contribution in [1.82, 2.24) is 4.98 Å². The zero-order valence-electron chi connectivity index (χ0n) is 10.7. The van der Waals surface area contributed by atoms with E-state index in [1.807, 2.05) is 6.92 Å². The maximum atomic E-state index is 11.1. The fourth-order valence-corrected chi connectivity index (χ4v) is 2.14. The second kappa shape index (κ2) is 6.11. The molecule has 104 valence electrons. The fourth-order valence-electron chi connectivity index (χ4n) is 1.69. The second-order valence-corrected chi connectivity index (χ2v) is 4.98. The van der Waals surface area contributed by atoms with Gasteiger partial charge in [0.2, 0.25) is 0 Å². The summed E-state index contributed by atoms with van der Waals surface area (Å²) in [6.07, 6.45) is 0.643. The van der Waals surface area contributed by atoms with Gasteiger partial charge < -0.3 is 10.4 Å². The standard InChI is InChI=1S/C14H12Cl2N2O2/c1-2-10-5-8(14(19)20)6-13(17-10)18-12-4-3-9(15)7-11(12)16/h3-7H,2H2,1H3,(H,17,18)(H,19,20). The van der Waals surface area contributed by atoms with Crippen molar-refractivity contribution in [2.24, 2.45) is 0 Å². The van der Waals surface area contributed by atoms with Gasteiger partial charge in [0.05, 0.1) is 16.3 Å². The third kappa shape index (κ3) is 3.40. The minimum atomic E-state index is -0.993. The van der Waals surface area contributed by atoms with E-state index in [1.54, 1.807) is 24.3 Å². The number of anilines is 2. The van der Waals surface area contributed by atoms with Crippen molar-refractivity contribution in [2.75, 3.05) is 5.32 Å². The molecule has 1 heterocycles. The molecule has 0 aliphatic carbocycles. The Morgan fingerprint density at radius 2 is 2.05 bits per heavy atom. The first-order chi connectivity index (χ1) is 9.49. The number of aromatic nitrogens is 1. The molecule has 1 aromatic heterocycles. The van der Waals surface area contributed by atoms with Crippen LogP contribution in [0.4, 0.5) is 11.5 Å². The number of aromatic carboxylic acids is 1. The van der Waals surface area contributed by atoms with Crippen molar-refractivity contribution < 1.29 is 9.90 Å². The lowest BCUT2D eigenvalue weighted by Crippen LogP contribution is -2.03. The first kappa shape index (κ1) is 14.6. The van der Waals surface area contributed by atoms with Gasteiger partial charge in [-0.15, -0.1) is 0 Å². The number of hydrogen-bond acceptors (Lipinski definition) is 3. The zero-order valence-corrected chi connectivity index (χ0v) is 12.2. The molecular formula is C14H12Cl2N2O2. The number of nitrogens with one attached hydrogen (secondary N) is 1. The molecule has 1 aromatic carbocycles. The number of hydrogen-bond donors (Lipinski definition) is 2. The Bertz CT molecular complexity index is 660. The lowest BCUT2D eigenvalue weighted by atomic mass is 10.2. The number of rotatable bonds is 4. The average molecular weight is 311 g/mol. The number of carbonyl (C=O) groups is 1. The molecular weight excluding hydrogens is 299 g/mol. The van der Waals surface area contributed by atoms with Crippen molar-refractivity contribution in [2.45, 2.75) is 13.3 Å². The number of halogens is 2. The molecule has 2 aromatic rings. The molecule has 2 N–H and O–H groups in total. The summed E-state index contributed by atoms with van der Waals surface area (Å²) in [6, 6.07) is 8.03. The largest absolute Gasteiger partial charge is 0.478 e. The summed E-state index contributed by atoms with van der Waals surface area (Å²) in [4.78, 5) is 15.4. The van der Waals surface area contributed by atoms with E-state index in [9.17, 15) is 4.79 Å². The van der Waals surface area contributed by atoms with Crippen LogP contribution in [-0.2, 0) is 6.42 Å². The molecule has 0 amide bonds. The van der Waals surface area contributed by atoms with Gasteiger partial charge in [-0.3, -0.25) is 0 Å². The van der Waals surface area contributed by atoms with Gasteiger partial charge in [0.15, 0.2) is 0 Å². The van der Waals surface area contributed by atoms with Crippen molar-refractivity contribution >= 4 is 40.7 Å². The van der Waals surface area contributed by atoms with Gasteiger partial charge in [0, 0.05) is 10.7 Å². The van der Waals surface area contributed by atoms with Crippen LogP contribution >= 0.6 is 23.2 Å². The molecule has 0 spiro atoms. The second-order valence-electron chi connectivity index (χ2n) is 4.14. The van der Waals surface area contributed by atoms with E-state index >= 15 is 0 Å². The van der Waals surface area contributed by atoms with Crippen LogP contribution in [0.25, 0.3) is 0 Å². The molecule has 0 atom stereocenters. The maximum Gasteiger partial charge on any atom is 0.335 e. The van der Waals surface area contributed by atoms with Gasteiger partial charge in [0.25, 0.3) is 0 Å². The van der Waals surface area contributed by atoms with Crippen LogP contribution in [0, 0.1) is 0 Å². The summed E-state index contributed by atoms with van der Waals surface area (Å²) in [7, 11) is 0. The number of pyridine rings is 1. The van der Waals surface area contributed by atoms with Gasteiger partial charge in [-0.2, -0.15) is 0 Å². The minimum Gasteiger partial charge on any atom is -0.478 e.